The Morgan fingerprint density at radius 2 is 2.05 bits per heavy atom. The summed E-state index contributed by atoms with van der Waals surface area (Å²) in [6.45, 7) is 2.07. The van der Waals surface area contributed by atoms with Crippen molar-refractivity contribution < 1.29 is 9.18 Å². The lowest BCUT2D eigenvalue weighted by Crippen LogP contribution is -2.20. The molecule has 0 bridgehead atoms. The van der Waals surface area contributed by atoms with Crippen LogP contribution in [0.2, 0.25) is 0 Å². The molecule has 0 spiro atoms. The van der Waals surface area contributed by atoms with Crippen LogP contribution in [-0.2, 0) is 11.3 Å². The highest BCUT2D eigenvalue weighted by molar-refractivity contribution is 5.91. The van der Waals surface area contributed by atoms with Crippen molar-refractivity contribution in [1.82, 2.24) is 10.3 Å². The van der Waals surface area contributed by atoms with Gasteiger partial charge in [-0.25, -0.2) is 4.39 Å². The summed E-state index contributed by atoms with van der Waals surface area (Å²) in [6.07, 6.45) is 6.51. The van der Waals surface area contributed by atoms with Crippen molar-refractivity contribution in [3.8, 4) is 0 Å². The van der Waals surface area contributed by atoms with Crippen LogP contribution in [0.15, 0.2) is 48.8 Å². The molecular formula is C16H15FN2O. The molecule has 102 valence electrons. The second-order valence-electron chi connectivity index (χ2n) is 4.42. The first kappa shape index (κ1) is 13.9. The number of nitrogens with one attached hydrogen (secondary N) is 1. The van der Waals surface area contributed by atoms with E-state index < -0.39 is 0 Å². The fourth-order valence-corrected chi connectivity index (χ4v) is 1.71. The van der Waals surface area contributed by atoms with Gasteiger partial charge in [0.2, 0.25) is 5.91 Å². The second kappa shape index (κ2) is 6.61. The minimum atomic E-state index is -0.238. The highest BCUT2D eigenvalue weighted by atomic mass is 19.1. The van der Waals surface area contributed by atoms with Crippen LogP contribution in [0.5, 0.6) is 0 Å². The first-order chi connectivity index (χ1) is 9.65. The summed E-state index contributed by atoms with van der Waals surface area (Å²) >= 11 is 0. The van der Waals surface area contributed by atoms with Gasteiger partial charge in [-0.2, -0.15) is 0 Å². The van der Waals surface area contributed by atoms with Gasteiger partial charge in [-0.3, -0.25) is 9.78 Å². The molecule has 0 aliphatic rings. The molecule has 0 saturated heterocycles. The van der Waals surface area contributed by atoms with E-state index in [4.69, 9.17) is 0 Å². The molecule has 0 aliphatic heterocycles. The van der Waals surface area contributed by atoms with E-state index in [9.17, 15) is 9.18 Å². The molecule has 3 nitrogen and oxygen atoms in total. The van der Waals surface area contributed by atoms with Gasteiger partial charge in [-0.15, -0.1) is 0 Å². The average molecular weight is 270 g/mol. The van der Waals surface area contributed by atoms with Crippen LogP contribution in [-0.4, -0.2) is 10.9 Å². The summed E-state index contributed by atoms with van der Waals surface area (Å²) in [4.78, 5) is 15.6. The van der Waals surface area contributed by atoms with Crippen LogP contribution in [0, 0.1) is 12.7 Å². The van der Waals surface area contributed by atoms with Crippen molar-refractivity contribution in [2.75, 3.05) is 0 Å². The molecule has 0 radical (unpaired) electrons. The zero-order valence-corrected chi connectivity index (χ0v) is 11.1. The van der Waals surface area contributed by atoms with Gasteiger partial charge in [0.05, 0.1) is 0 Å². The first-order valence-corrected chi connectivity index (χ1v) is 6.26. The van der Waals surface area contributed by atoms with Crippen LogP contribution in [0.25, 0.3) is 6.08 Å². The molecule has 0 aliphatic carbocycles. The molecule has 1 heterocycles. The molecule has 0 saturated carbocycles. The first-order valence-electron chi connectivity index (χ1n) is 6.26. The normalized spacial score (nSPS) is 10.7. The molecule has 20 heavy (non-hydrogen) atoms. The van der Waals surface area contributed by atoms with Gasteiger partial charge in [0.15, 0.2) is 0 Å². The predicted molar refractivity (Wildman–Crippen MR) is 76.3 cm³/mol. The minimum absolute atomic E-state index is 0.191. The minimum Gasteiger partial charge on any atom is -0.348 e. The third-order valence-corrected chi connectivity index (χ3v) is 2.82. The fourth-order valence-electron chi connectivity index (χ4n) is 1.71. The molecule has 1 N–H and O–H groups in total. The maximum absolute atomic E-state index is 13.1. The van der Waals surface area contributed by atoms with Gasteiger partial charge in [0.1, 0.15) is 5.82 Å². The summed E-state index contributed by atoms with van der Waals surface area (Å²) < 4.78 is 13.1. The molecular weight excluding hydrogens is 255 g/mol. The molecule has 0 fully saturated rings. The summed E-state index contributed by atoms with van der Waals surface area (Å²) in [6, 6.07) is 8.42. The molecule has 1 amide bonds. The standard InChI is InChI=1S/C16H15FN2O/c1-12-10-14(2-4-15(12)17)11-19-16(20)5-3-13-6-8-18-9-7-13/h2-10H,11H2,1H3,(H,19,20)/b5-3+. The van der Waals surface area contributed by atoms with Gasteiger partial charge in [-0.05, 0) is 47.9 Å². The van der Waals surface area contributed by atoms with Crippen LogP contribution in [0.1, 0.15) is 16.7 Å². The predicted octanol–water partition coefficient (Wildman–Crippen LogP) is 2.86. The summed E-state index contributed by atoms with van der Waals surface area (Å²) in [7, 11) is 0. The maximum Gasteiger partial charge on any atom is 0.244 e. The molecule has 2 aromatic rings. The number of halogens is 1. The Balaban J connectivity index is 1.89. The maximum atomic E-state index is 13.1. The zero-order chi connectivity index (χ0) is 14.4. The second-order valence-corrected chi connectivity index (χ2v) is 4.42. The lowest BCUT2D eigenvalue weighted by molar-refractivity contribution is -0.116. The Labute approximate surface area is 117 Å². The number of hydrogen-bond donors (Lipinski definition) is 1. The van der Waals surface area contributed by atoms with Crippen molar-refractivity contribution in [2.45, 2.75) is 13.5 Å². The average Bonchev–Trinajstić information content (AvgIpc) is 2.47. The topological polar surface area (TPSA) is 42.0 Å². The number of pyridine rings is 1. The van der Waals surface area contributed by atoms with Crippen LogP contribution < -0.4 is 5.32 Å². The third kappa shape index (κ3) is 4.02. The number of aromatic nitrogens is 1. The Morgan fingerprint density at radius 3 is 2.75 bits per heavy atom. The van der Waals surface area contributed by atoms with Crippen LogP contribution in [0.3, 0.4) is 0 Å². The number of benzene rings is 1. The van der Waals surface area contributed by atoms with Crippen molar-refractivity contribution >= 4 is 12.0 Å². The highest BCUT2D eigenvalue weighted by Gasteiger charge is 2.00. The summed E-state index contributed by atoms with van der Waals surface area (Å²) in [5.41, 5.74) is 2.35. The Bertz CT molecular complexity index is 624. The Hall–Kier alpha value is -2.49. The van der Waals surface area contributed by atoms with Gasteiger partial charge >= 0.3 is 0 Å². The molecule has 1 aromatic heterocycles. The smallest absolute Gasteiger partial charge is 0.244 e. The van der Waals surface area contributed by atoms with E-state index >= 15 is 0 Å². The molecule has 0 unspecified atom stereocenters. The van der Waals surface area contributed by atoms with E-state index in [0.717, 1.165) is 11.1 Å². The van der Waals surface area contributed by atoms with Crippen molar-refractivity contribution in [1.29, 1.82) is 0 Å². The number of aryl methyl sites for hydroxylation is 1. The highest BCUT2D eigenvalue weighted by Crippen LogP contribution is 2.08. The Morgan fingerprint density at radius 1 is 1.30 bits per heavy atom. The van der Waals surface area contributed by atoms with E-state index in [1.807, 2.05) is 12.1 Å². The van der Waals surface area contributed by atoms with Crippen molar-refractivity contribution in [2.24, 2.45) is 0 Å². The number of carbonyl (C=O) groups excluding carboxylic acids is 1. The van der Waals surface area contributed by atoms with Gasteiger partial charge in [0.25, 0.3) is 0 Å². The number of hydrogen-bond acceptors (Lipinski definition) is 2. The van der Waals surface area contributed by atoms with Crippen LogP contribution in [0.4, 0.5) is 4.39 Å². The van der Waals surface area contributed by atoms with E-state index in [0.29, 0.717) is 12.1 Å². The summed E-state index contributed by atoms with van der Waals surface area (Å²) in [5, 5.41) is 2.75. The zero-order valence-electron chi connectivity index (χ0n) is 11.1. The van der Waals surface area contributed by atoms with E-state index in [1.165, 1.54) is 12.1 Å². The largest absolute Gasteiger partial charge is 0.348 e. The van der Waals surface area contributed by atoms with Crippen molar-refractivity contribution in [3.05, 3.63) is 71.3 Å². The molecule has 2 rings (SSSR count). The number of rotatable bonds is 4. The summed E-state index contributed by atoms with van der Waals surface area (Å²) in [5.74, 6) is -0.429. The van der Waals surface area contributed by atoms with E-state index in [1.54, 1.807) is 37.5 Å². The number of carbonyl (C=O) groups is 1. The van der Waals surface area contributed by atoms with Crippen LogP contribution >= 0.6 is 0 Å². The monoisotopic (exact) mass is 270 g/mol. The lowest BCUT2D eigenvalue weighted by atomic mass is 10.1. The molecule has 4 heteroatoms. The number of amides is 1. The van der Waals surface area contributed by atoms with E-state index in [2.05, 4.69) is 10.3 Å². The van der Waals surface area contributed by atoms with Gasteiger partial charge in [0, 0.05) is 25.0 Å². The molecule has 0 atom stereocenters. The quantitative estimate of drug-likeness (QED) is 0.868. The molecule has 1 aromatic carbocycles. The Kier molecular flexibility index (Phi) is 4.60. The van der Waals surface area contributed by atoms with E-state index in [-0.39, 0.29) is 11.7 Å². The third-order valence-electron chi connectivity index (χ3n) is 2.82. The fraction of sp³-hybridized carbons (Fsp3) is 0.125. The van der Waals surface area contributed by atoms with Gasteiger partial charge < -0.3 is 5.32 Å². The SMILES string of the molecule is Cc1cc(CNC(=O)/C=C/c2ccncc2)ccc1F. The number of nitrogens with zero attached hydrogens (tertiary/aromatic N) is 1. The van der Waals surface area contributed by atoms with Gasteiger partial charge in [-0.1, -0.05) is 12.1 Å². The van der Waals surface area contributed by atoms with Crippen molar-refractivity contribution in [3.63, 3.8) is 0 Å². The lowest BCUT2D eigenvalue weighted by Gasteiger charge is -2.04.